The Kier molecular flexibility index (Phi) is 11.5. The average molecular weight is 577 g/mol. The number of likely N-dealkylation sites (tertiary alicyclic amines) is 1. The number of amidine groups is 1. The van der Waals surface area contributed by atoms with Crippen LogP contribution in [0, 0.1) is 5.92 Å². The van der Waals surface area contributed by atoms with Crippen LogP contribution in [0.2, 0.25) is 10.0 Å². The van der Waals surface area contributed by atoms with Gasteiger partial charge in [0, 0.05) is 6.54 Å². The van der Waals surface area contributed by atoms with Gasteiger partial charge in [0.1, 0.15) is 5.92 Å². The smallest absolute Gasteiger partial charge is 0.317 e. The van der Waals surface area contributed by atoms with Crippen LogP contribution in [0.25, 0.3) is 0 Å². The summed E-state index contributed by atoms with van der Waals surface area (Å²) in [6.07, 6.45) is 7.28. The maximum absolute atomic E-state index is 13.5. The number of esters is 1. The molecule has 204 valence electrons. The molecular formula is C29H35Cl2N3O3S. The minimum absolute atomic E-state index is 0.245. The molecule has 0 bridgehead atoms. The molecule has 2 atom stereocenters. The van der Waals surface area contributed by atoms with Crippen LogP contribution in [0.1, 0.15) is 42.9 Å². The summed E-state index contributed by atoms with van der Waals surface area (Å²) in [6.45, 7) is 4.26. The predicted molar refractivity (Wildman–Crippen MR) is 158 cm³/mol. The summed E-state index contributed by atoms with van der Waals surface area (Å²) in [5, 5.41) is 1.47. The van der Waals surface area contributed by atoms with Crippen molar-refractivity contribution in [2.75, 3.05) is 45.7 Å². The third kappa shape index (κ3) is 8.30. The van der Waals surface area contributed by atoms with Gasteiger partial charge in [0.15, 0.2) is 5.17 Å². The molecule has 4 rings (SSSR count). The number of carbonyl (C=O) groups is 1. The van der Waals surface area contributed by atoms with Crippen molar-refractivity contribution in [2.24, 2.45) is 15.9 Å². The molecule has 0 saturated carbocycles. The molecule has 2 heterocycles. The molecule has 9 heteroatoms. The SMILES string of the molecule is CSC1=NC(c2ccc(Cl)c(Cl)c2)C(C(=O)OCCCc2ccccc2)C(COCCN2CCCCC2)=N1. The van der Waals surface area contributed by atoms with Crippen molar-refractivity contribution in [1.82, 2.24) is 4.90 Å². The summed E-state index contributed by atoms with van der Waals surface area (Å²) in [4.78, 5) is 25.5. The fourth-order valence-corrected chi connectivity index (χ4v) is 5.52. The Morgan fingerprint density at radius 3 is 2.58 bits per heavy atom. The third-order valence-corrected chi connectivity index (χ3v) is 8.13. The molecule has 0 amide bonds. The molecule has 0 aliphatic carbocycles. The van der Waals surface area contributed by atoms with E-state index in [1.807, 2.05) is 30.5 Å². The van der Waals surface area contributed by atoms with Gasteiger partial charge in [-0.3, -0.25) is 9.79 Å². The number of aliphatic imine (C=N–C) groups is 2. The van der Waals surface area contributed by atoms with Gasteiger partial charge < -0.3 is 14.4 Å². The van der Waals surface area contributed by atoms with Crippen molar-refractivity contribution in [3.8, 4) is 0 Å². The van der Waals surface area contributed by atoms with Crippen molar-refractivity contribution in [3.05, 3.63) is 69.7 Å². The second kappa shape index (κ2) is 15.0. The summed E-state index contributed by atoms with van der Waals surface area (Å²) in [5.74, 6) is -1.05. The first-order valence-electron chi connectivity index (χ1n) is 13.2. The molecule has 0 N–H and O–H groups in total. The highest BCUT2D eigenvalue weighted by Gasteiger charge is 2.38. The molecule has 0 radical (unpaired) electrons. The number of halogens is 2. The number of hydrogen-bond acceptors (Lipinski definition) is 7. The Balaban J connectivity index is 1.46. The first-order chi connectivity index (χ1) is 18.5. The number of piperidine rings is 1. The van der Waals surface area contributed by atoms with Crippen LogP contribution >= 0.6 is 35.0 Å². The molecule has 2 aliphatic heterocycles. The van der Waals surface area contributed by atoms with Gasteiger partial charge in [0.25, 0.3) is 0 Å². The van der Waals surface area contributed by atoms with E-state index in [1.165, 1.54) is 36.6 Å². The lowest BCUT2D eigenvalue weighted by Crippen LogP contribution is -2.38. The zero-order valence-electron chi connectivity index (χ0n) is 21.8. The number of rotatable bonds is 11. The van der Waals surface area contributed by atoms with Crippen LogP contribution in [-0.2, 0) is 20.7 Å². The average Bonchev–Trinajstić information content (AvgIpc) is 2.95. The molecule has 2 aliphatic rings. The molecule has 38 heavy (non-hydrogen) atoms. The highest BCUT2D eigenvalue weighted by molar-refractivity contribution is 8.13. The van der Waals surface area contributed by atoms with Crippen molar-refractivity contribution in [3.63, 3.8) is 0 Å². The first-order valence-corrected chi connectivity index (χ1v) is 15.2. The van der Waals surface area contributed by atoms with Crippen molar-refractivity contribution < 1.29 is 14.3 Å². The van der Waals surface area contributed by atoms with Gasteiger partial charge in [-0.2, -0.15) is 0 Å². The van der Waals surface area contributed by atoms with Crippen molar-refractivity contribution >= 4 is 51.8 Å². The van der Waals surface area contributed by atoms with E-state index in [1.54, 1.807) is 12.1 Å². The standard InChI is InChI=1S/C29H35Cl2N3O3S/c1-38-29-32-25(20-36-18-16-34-14-6-3-7-15-34)26(27(33-29)22-12-13-23(30)24(31)19-22)28(35)37-17-8-11-21-9-4-2-5-10-21/h2,4-5,9-10,12-13,19,26-27H,3,6-8,11,14-18,20H2,1H3. The van der Waals surface area contributed by atoms with Crippen LogP contribution in [-0.4, -0.2) is 67.5 Å². The maximum Gasteiger partial charge on any atom is 0.317 e. The van der Waals surface area contributed by atoms with Gasteiger partial charge in [0.05, 0.1) is 41.6 Å². The maximum atomic E-state index is 13.5. The lowest BCUT2D eigenvalue weighted by Gasteiger charge is -2.29. The van der Waals surface area contributed by atoms with Crippen LogP contribution in [0.4, 0.5) is 0 Å². The molecule has 2 unspecified atom stereocenters. The zero-order chi connectivity index (χ0) is 26.7. The van der Waals surface area contributed by atoms with E-state index in [-0.39, 0.29) is 12.6 Å². The van der Waals surface area contributed by atoms with Crippen LogP contribution in [0.3, 0.4) is 0 Å². The van der Waals surface area contributed by atoms with Crippen LogP contribution < -0.4 is 0 Å². The Morgan fingerprint density at radius 1 is 1.05 bits per heavy atom. The second-order valence-corrected chi connectivity index (χ2v) is 11.1. The highest BCUT2D eigenvalue weighted by Crippen LogP contribution is 2.36. The second-order valence-electron chi connectivity index (χ2n) is 9.53. The largest absolute Gasteiger partial charge is 0.465 e. The monoisotopic (exact) mass is 575 g/mol. The van der Waals surface area contributed by atoms with E-state index in [0.29, 0.717) is 34.1 Å². The number of benzene rings is 2. The Bertz CT molecular complexity index is 1120. The summed E-state index contributed by atoms with van der Waals surface area (Å²) in [7, 11) is 0. The number of carbonyl (C=O) groups excluding carboxylic acids is 1. The van der Waals surface area contributed by atoms with Crippen molar-refractivity contribution in [1.29, 1.82) is 0 Å². The summed E-state index contributed by atoms with van der Waals surface area (Å²) in [5.41, 5.74) is 2.64. The summed E-state index contributed by atoms with van der Waals surface area (Å²) < 4.78 is 11.9. The molecule has 2 aromatic carbocycles. The third-order valence-electron chi connectivity index (χ3n) is 6.83. The number of hydrogen-bond donors (Lipinski definition) is 0. The molecule has 6 nitrogen and oxygen atoms in total. The number of nitrogens with zero attached hydrogens (tertiary/aromatic N) is 3. The lowest BCUT2D eigenvalue weighted by molar-refractivity contribution is -0.147. The fourth-order valence-electron chi connectivity index (χ4n) is 4.78. The normalized spacial score (nSPS) is 20.1. The number of thioether (sulfide) groups is 1. The molecule has 1 fully saturated rings. The van der Waals surface area contributed by atoms with E-state index in [4.69, 9.17) is 42.7 Å². The predicted octanol–water partition coefficient (Wildman–Crippen LogP) is 6.50. The highest BCUT2D eigenvalue weighted by atomic mass is 35.5. The lowest BCUT2D eigenvalue weighted by atomic mass is 9.88. The van der Waals surface area contributed by atoms with Gasteiger partial charge in [0.2, 0.25) is 0 Å². The van der Waals surface area contributed by atoms with E-state index in [2.05, 4.69) is 17.0 Å². The minimum atomic E-state index is -0.699. The quantitative estimate of drug-likeness (QED) is 0.226. The zero-order valence-corrected chi connectivity index (χ0v) is 24.1. The van der Waals surface area contributed by atoms with Crippen molar-refractivity contribution in [2.45, 2.75) is 38.1 Å². The summed E-state index contributed by atoms with van der Waals surface area (Å²) >= 11 is 14.0. The van der Waals surface area contributed by atoms with E-state index in [0.717, 1.165) is 38.0 Å². The molecule has 0 spiro atoms. The fraction of sp³-hybridized carbons (Fsp3) is 0.483. The van der Waals surface area contributed by atoms with E-state index in [9.17, 15) is 4.79 Å². The van der Waals surface area contributed by atoms with Gasteiger partial charge in [-0.1, -0.05) is 77.8 Å². The molecule has 0 aromatic heterocycles. The topological polar surface area (TPSA) is 63.5 Å². The number of ether oxygens (including phenoxy) is 2. The van der Waals surface area contributed by atoms with Gasteiger partial charge >= 0.3 is 5.97 Å². The Hall–Kier alpha value is -1.90. The van der Waals surface area contributed by atoms with Crippen LogP contribution in [0.5, 0.6) is 0 Å². The Morgan fingerprint density at radius 2 is 1.84 bits per heavy atom. The molecule has 1 saturated heterocycles. The van der Waals surface area contributed by atoms with Crippen LogP contribution in [0.15, 0.2) is 58.5 Å². The van der Waals surface area contributed by atoms with E-state index < -0.39 is 12.0 Å². The molecular weight excluding hydrogens is 541 g/mol. The van der Waals surface area contributed by atoms with E-state index >= 15 is 0 Å². The van der Waals surface area contributed by atoms with Gasteiger partial charge in [-0.25, -0.2) is 4.99 Å². The first kappa shape index (κ1) is 29.1. The number of aryl methyl sites for hydroxylation is 1. The minimum Gasteiger partial charge on any atom is -0.465 e. The molecule has 2 aromatic rings. The Labute approximate surface area is 239 Å². The van der Waals surface area contributed by atoms with Gasteiger partial charge in [-0.15, -0.1) is 0 Å². The van der Waals surface area contributed by atoms with Gasteiger partial charge in [-0.05, 0) is 68.3 Å². The summed E-state index contributed by atoms with van der Waals surface area (Å²) in [6, 6.07) is 15.0.